The van der Waals surface area contributed by atoms with E-state index in [0.717, 1.165) is 18.5 Å². The maximum absolute atomic E-state index is 12.2. The average Bonchev–Trinajstić information content (AvgIpc) is 2.95. The molecular formula is C15H24N2O2S. The molecule has 112 valence electrons. The Labute approximate surface area is 121 Å². The summed E-state index contributed by atoms with van der Waals surface area (Å²) in [7, 11) is -1.21. The van der Waals surface area contributed by atoms with Crippen LogP contribution < -0.4 is 10.6 Å². The summed E-state index contributed by atoms with van der Waals surface area (Å²) in [5, 5.41) is 0. The Morgan fingerprint density at radius 1 is 1.30 bits per heavy atom. The molecule has 0 aliphatic heterocycles. The number of hydrogen-bond donors (Lipinski definition) is 1. The van der Waals surface area contributed by atoms with E-state index in [2.05, 4.69) is 4.90 Å². The molecule has 20 heavy (non-hydrogen) atoms. The number of nitrogens with two attached hydrogens (primary N) is 1. The fourth-order valence-electron chi connectivity index (χ4n) is 3.15. The molecule has 2 rings (SSSR count). The second kappa shape index (κ2) is 6.14. The highest BCUT2D eigenvalue weighted by Crippen LogP contribution is 2.34. The van der Waals surface area contributed by atoms with Gasteiger partial charge in [0.1, 0.15) is 0 Å². The number of nitrogens with zero attached hydrogens (tertiary/aromatic N) is 1. The molecule has 1 aromatic rings. The lowest BCUT2D eigenvalue weighted by Gasteiger charge is -2.32. The van der Waals surface area contributed by atoms with Crippen molar-refractivity contribution in [3.05, 3.63) is 24.3 Å². The van der Waals surface area contributed by atoms with Gasteiger partial charge in [0.15, 0.2) is 9.84 Å². The summed E-state index contributed by atoms with van der Waals surface area (Å²) in [4.78, 5) is 2.56. The lowest BCUT2D eigenvalue weighted by Crippen LogP contribution is -2.38. The van der Waals surface area contributed by atoms with Gasteiger partial charge >= 0.3 is 0 Å². The summed E-state index contributed by atoms with van der Waals surface area (Å²) < 4.78 is 24.5. The zero-order valence-electron chi connectivity index (χ0n) is 12.2. The van der Waals surface area contributed by atoms with Crippen molar-refractivity contribution in [3.8, 4) is 0 Å². The Morgan fingerprint density at radius 2 is 2.00 bits per heavy atom. The third-order valence-corrected chi connectivity index (χ3v) is 6.15. The van der Waals surface area contributed by atoms with Gasteiger partial charge < -0.3 is 10.6 Å². The Kier molecular flexibility index (Phi) is 4.70. The first-order valence-electron chi connectivity index (χ1n) is 7.26. The van der Waals surface area contributed by atoms with Crippen LogP contribution >= 0.6 is 0 Å². The molecular weight excluding hydrogens is 272 g/mol. The summed E-state index contributed by atoms with van der Waals surface area (Å²) in [5.74, 6) is 0.584. The van der Waals surface area contributed by atoms with Crippen molar-refractivity contribution in [2.45, 2.75) is 37.1 Å². The number of rotatable bonds is 5. The van der Waals surface area contributed by atoms with Gasteiger partial charge in [-0.1, -0.05) is 25.5 Å². The molecule has 5 heteroatoms. The van der Waals surface area contributed by atoms with E-state index in [1.54, 1.807) is 19.1 Å². The minimum atomic E-state index is -3.20. The topological polar surface area (TPSA) is 63.4 Å². The van der Waals surface area contributed by atoms with E-state index in [1.807, 2.05) is 19.2 Å². The summed E-state index contributed by atoms with van der Waals surface area (Å²) in [6, 6.07) is 7.63. The van der Waals surface area contributed by atoms with E-state index in [9.17, 15) is 8.42 Å². The van der Waals surface area contributed by atoms with E-state index >= 15 is 0 Å². The zero-order chi connectivity index (χ0) is 14.8. The lowest BCUT2D eigenvalue weighted by molar-refractivity contribution is 0.472. The van der Waals surface area contributed by atoms with Crippen molar-refractivity contribution in [1.82, 2.24) is 0 Å². The van der Waals surface area contributed by atoms with Crippen LogP contribution in [0.1, 0.15) is 26.2 Å². The van der Waals surface area contributed by atoms with Crippen LogP contribution in [-0.4, -0.2) is 33.8 Å². The third kappa shape index (κ3) is 2.83. The molecule has 0 radical (unpaired) electrons. The van der Waals surface area contributed by atoms with Gasteiger partial charge in [0.25, 0.3) is 0 Å². The van der Waals surface area contributed by atoms with E-state index < -0.39 is 9.84 Å². The molecule has 1 aromatic carbocycles. The highest BCUT2D eigenvalue weighted by Gasteiger charge is 2.31. The van der Waals surface area contributed by atoms with Crippen molar-refractivity contribution >= 4 is 15.5 Å². The van der Waals surface area contributed by atoms with Crippen LogP contribution in [0.15, 0.2) is 29.2 Å². The smallest absolute Gasteiger partial charge is 0.180 e. The quantitative estimate of drug-likeness (QED) is 0.903. The van der Waals surface area contributed by atoms with Gasteiger partial charge in [0.2, 0.25) is 0 Å². The molecule has 0 spiro atoms. The SMILES string of the molecule is CCS(=O)(=O)c1ccccc1N(C)C1CCCC1CN. The predicted octanol–water partition coefficient (Wildman–Crippen LogP) is 2.04. The Hall–Kier alpha value is -1.07. The Bertz CT molecular complexity index is 557. The second-order valence-corrected chi connectivity index (χ2v) is 7.72. The van der Waals surface area contributed by atoms with Crippen molar-refractivity contribution in [1.29, 1.82) is 0 Å². The predicted molar refractivity (Wildman–Crippen MR) is 82.8 cm³/mol. The number of anilines is 1. The summed E-state index contributed by atoms with van der Waals surface area (Å²) >= 11 is 0. The molecule has 0 bridgehead atoms. The highest BCUT2D eigenvalue weighted by atomic mass is 32.2. The molecule has 0 aromatic heterocycles. The lowest BCUT2D eigenvalue weighted by atomic mass is 10.0. The van der Waals surface area contributed by atoms with E-state index in [-0.39, 0.29) is 5.75 Å². The molecule has 0 saturated heterocycles. The van der Waals surface area contributed by atoms with Gasteiger partial charge in [0, 0.05) is 13.1 Å². The van der Waals surface area contributed by atoms with Crippen molar-refractivity contribution < 1.29 is 8.42 Å². The normalized spacial score (nSPS) is 22.9. The van der Waals surface area contributed by atoms with Gasteiger partial charge in [-0.15, -0.1) is 0 Å². The fraction of sp³-hybridized carbons (Fsp3) is 0.600. The molecule has 1 fully saturated rings. The minimum absolute atomic E-state index is 0.128. The molecule has 0 heterocycles. The van der Waals surface area contributed by atoms with Gasteiger partial charge in [-0.05, 0) is 37.4 Å². The molecule has 4 nitrogen and oxygen atoms in total. The summed E-state index contributed by atoms with van der Waals surface area (Å²) in [6.07, 6.45) is 3.38. The first kappa shape index (κ1) is 15.3. The van der Waals surface area contributed by atoms with E-state index in [0.29, 0.717) is 23.4 Å². The second-order valence-electron chi connectivity index (χ2n) is 5.48. The number of sulfone groups is 1. The minimum Gasteiger partial charge on any atom is -0.370 e. The maximum Gasteiger partial charge on any atom is 0.180 e. The molecule has 2 unspecified atom stereocenters. The van der Waals surface area contributed by atoms with Crippen molar-refractivity contribution in [3.63, 3.8) is 0 Å². The Balaban J connectivity index is 2.38. The highest BCUT2D eigenvalue weighted by molar-refractivity contribution is 7.91. The van der Waals surface area contributed by atoms with Gasteiger partial charge in [0.05, 0.1) is 16.3 Å². The molecule has 1 aliphatic carbocycles. The maximum atomic E-state index is 12.2. The molecule has 2 N–H and O–H groups in total. The molecule has 1 saturated carbocycles. The first-order chi connectivity index (χ1) is 9.51. The molecule has 1 aliphatic rings. The van der Waals surface area contributed by atoms with Crippen LogP contribution in [-0.2, 0) is 9.84 Å². The van der Waals surface area contributed by atoms with Crippen LogP contribution in [0, 0.1) is 5.92 Å². The largest absolute Gasteiger partial charge is 0.370 e. The van der Waals surface area contributed by atoms with E-state index in [1.165, 1.54) is 6.42 Å². The zero-order valence-corrected chi connectivity index (χ0v) is 13.1. The summed E-state index contributed by atoms with van der Waals surface area (Å²) in [5.41, 5.74) is 6.65. The van der Waals surface area contributed by atoms with Crippen molar-refractivity contribution in [2.24, 2.45) is 11.7 Å². The van der Waals surface area contributed by atoms with Crippen LogP contribution in [0.25, 0.3) is 0 Å². The fourth-order valence-corrected chi connectivity index (χ4v) is 4.28. The number of benzene rings is 1. The number of hydrogen-bond acceptors (Lipinski definition) is 4. The molecule has 2 atom stereocenters. The third-order valence-electron chi connectivity index (χ3n) is 4.38. The standard InChI is InChI=1S/C15H24N2O2S/c1-3-20(18,19)15-10-5-4-8-14(15)17(2)13-9-6-7-12(13)11-16/h4-5,8,10,12-13H,3,6-7,9,11,16H2,1-2H3. The van der Waals surface area contributed by atoms with Crippen LogP contribution in [0.5, 0.6) is 0 Å². The Morgan fingerprint density at radius 3 is 2.65 bits per heavy atom. The van der Waals surface area contributed by atoms with Crippen LogP contribution in [0.4, 0.5) is 5.69 Å². The van der Waals surface area contributed by atoms with Crippen molar-refractivity contribution in [2.75, 3.05) is 24.2 Å². The monoisotopic (exact) mass is 296 g/mol. The van der Waals surface area contributed by atoms with E-state index in [4.69, 9.17) is 5.73 Å². The number of para-hydroxylation sites is 1. The first-order valence-corrected chi connectivity index (χ1v) is 8.91. The van der Waals surface area contributed by atoms with Crippen LogP contribution in [0.2, 0.25) is 0 Å². The van der Waals surface area contributed by atoms with Gasteiger partial charge in [-0.2, -0.15) is 0 Å². The van der Waals surface area contributed by atoms with Crippen LogP contribution in [0.3, 0.4) is 0 Å². The van der Waals surface area contributed by atoms with Gasteiger partial charge in [-0.25, -0.2) is 8.42 Å². The molecule has 0 amide bonds. The van der Waals surface area contributed by atoms with Gasteiger partial charge in [-0.3, -0.25) is 0 Å². The average molecular weight is 296 g/mol. The summed E-state index contributed by atoms with van der Waals surface area (Å²) in [6.45, 7) is 2.35.